The van der Waals surface area contributed by atoms with Crippen LogP contribution in [-0.4, -0.2) is 32.6 Å². The van der Waals surface area contributed by atoms with E-state index in [1.54, 1.807) is 7.11 Å². The molecule has 96 valence electrons. The topological polar surface area (TPSA) is 38.5 Å². The Bertz CT molecular complexity index is 350. The molecule has 0 spiro atoms. The van der Waals surface area contributed by atoms with Crippen LogP contribution in [0.2, 0.25) is 0 Å². The zero-order valence-electron chi connectivity index (χ0n) is 11.4. The van der Waals surface area contributed by atoms with Gasteiger partial charge in [0.25, 0.3) is 0 Å². The molecule has 0 radical (unpaired) electrons. The van der Waals surface area contributed by atoms with Crippen LogP contribution in [0.15, 0.2) is 18.2 Å². The molecule has 1 atom stereocenters. The minimum atomic E-state index is 0.387. The lowest BCUT2D eigenvalue weighted by Gasteiger charge is -2.24. The van der Waals surface area contributed by atoms with E-state index in [9.17, 15) is 0 Å². The number of hydrogen-bond donors (Lipinski definition) is 1. The Morgan fingerprint density at radius 3 is 2.59 bits per heavy atom. The quantitative estimate of drug-likeness (QED) is 0.823. The highest BCUT2D eigenvalue weighted by molar-refractivity contribution is 5.42. The van der Waals surface area contributed by atoms with Crippen LogP contribution in [0, 0.1) is 0 Å². The van der Waals surface area contributed by atoms with Crippen molar-refractivity contribution in [2.45, 2.75) is 25.8 Å². The smallest absolute Gasteiger partial charge is 0.122 e. The molecule has 0 aromatic heterocycles. The van der Waals surface area contributed by atoms with Gasteiger partial charge < -0.3 is 15.4 Å². The highest BCUT2D eigenvalue weighted by Gasteiger charge is 2.15. The fourth-order valence-electron chi connectivity index (χ4n) is 1.99. The maximum Gasteiger partial charge on any atom is 0.122 e. The molecule has 3 nitrogen and oxygen atoms in total. The molecule has 1 aromatic carbocycles. The highest BCUT2D eigenvalue weighted by Crippen LogP contribution is 2.29. The molecule has 1 aromatic rings. The Morgan fingerprint density at radius 2 is 2.06 bits per heavy atom. The van der Waals surface area contributed by atoms with Crippen molar-refractivity contribution >= 4 is 0 Å². The summed E-state index contributed by atoms with van der Waals surface area (Å²) in [6.07, 6.45) is 1.97. The van der Waals surface area contributed by atoms with E-state index in [0.29, 0.717) is 12.6 Å². The fraction of sp³-hybridized carbons (Fsp3) is 0.571. The van der Waals surface area contributed by atoms with Crippen molar-refractivity contribution in [3.05, 3.63) is 29.3 Å². The second-order valence-corrected chi connectivity index (χ2v) is 4.56. The molecule has 2 N–H and O–H groups in total. The Hall–Kier alpha value is -1.06. The van der Waals surface area contributed by atoms with Crippen LogP contribution in [0.5, 0.6) is 5.75 Å². The molecule has 3 heteroatoms. The van der Waals surface area contributed by atoms with E-state index in [1.165, 1.54) is 11.1 Å². The first kappa shape index (κ1) is 14.0. The van der Waals surface area contributed by atoms with Gasteiger partial charge in [-0.2, -0.15) is 0 Å². The summed E-state index contributed by atoms with van der Waals surface area (Å²) in [7, 11) is 5.92. The van der Waals surface area contributed by atoms with Crippen LogP contribution in [0.25, 0.3) is 0 Å². The fourth-order valence-corrected chi connectivity index (χ4v) is 1.99. The van der Waals surface area contributed by atoms with Crippen molar-refractivity contribution in [2.24, 2.45) is 5.73 Å². The number of nitrogens with zero attached hydrogens (tertiary/aromatic N) is 1. The SMILES string of the molecule is COc1cccc(C(C)N(C)C)c1CCCN. The number of nitrogens with two attached hydrogens (primary N) is 1. The van der Waals surface area contributed by atoms with Gasteiger partial charge in [-0.25, -0.2) is 0 Å². The highest BCUT2D eigenvalue weighted by atomic mass is 16.5. The first-order valence-corrected chi connectivity index (χ1v) is 6.14. The average Bonchev–Trinajstić information content (AvgIpc) is 2.34. The second-order valence-electron chi connectivity index (χ2n) is 4.56. The molecular weight excluding hydrogens is 212 g/mol. The zero-order chi connectivity index (χ0) is 12.8. The first-order chi connectivity index (χ1) is 8.11. The van der Waals surface area contributed by atoms with Gasteiger partial charge in [0.15, 0.2) is 0 Å². The summed E-state index contributed by atoms with van der Waals surface area (Å²) in [6.45, 7) is 2.93. The van der Waals surface area contributed by atoms with Crippen molar-refractivity contribution in [1.82, 2.24) is 4.90 Å². The van der Waals surface area contributed by atoms with Gasteiger partial charge in [-0.1, -0.05) is 12.1 Å². The van der Waals surface area contributed by atoms with E-state index in [2.05, 4.69) is 38.1 Å². The van der Waals surface area contributed by atoms with E-state index >= 15 is 0 Å². The number of hydrogen-bond acceptors (Lipinski definition) is 3. The third-order valence-electron chi connectivity index (χ3n) is 3.24. The molecule has 0 amide bonds. The second kappa shape index (κ2) is 6.62. The van der Waals surface area contributed by atoms with Crippen molar-refractivity contribution in [3.8, 4) is 5.75 Å². The van der Waals surface area contributed by atoms with Crippen LogP contribution in [0.3, 0.4) is 0 Å². The summed E-state index contributed by atoms with van der Waals surface area (Å²) in [5.74, 6) is 0.977. The van der Waals surface area contributed by atoms with Crippen molar-refractivity contribution in [3.63, 3.8) is 0 Å². The van der Waals surface area contributed by atoms with Crippen molar-refractivity contribution < 1.29 is 4.74 Å². The Kier molecular flexibility index (Phi) is 5.45. The minimum Gasteiger partial charge on any atom is -0.496 e. The summed E-state index contributed by atoms with van der Waals surface area (Å²) in [4.78, 5) is 2.21. The van der Waals surface area contributed by atoms with Crippen LogP contribution < -0.4 is 10.5 Å². The van der Waals surface area contributed by atoms with E-state index in [4.69, 9.17) is 10.5 Å². The average molecular weight is 236 g/mol. The predicted octanol–water partition coefficient (Wildman–Crippen LogP) is 2.21. The zero-order valence-corrected chi connectivity index (χ0v) is 11.4. The standard InChI is InChI=1S/C14H24N2O/c1-11(16(2)3)12-7-5-9-14(17-4)13(12)8-6-10-15/h5,7,9,11H,6,8,10,15H2,1-4H3. The minimum absolute atomic E-state index is 0.387. The number of methoxy groups -OCH3 is 1. The van der Waals surface area contributed by atoms with Gasteiger partial charge in [-0.05, 0) is 57.6 Å². The van der Waals surface area contributed by atoms with Gasteiger partial charge in [-0.3, -0.25) is 0 Å². The number of rotatable bonds is 6. The third-order valence-corrected chi connectivity index (χ3v) is 3.24. The Morgan fingerprint density at radius 1 is 1.35 bits per heavy atom. The molecule has 0 aliphatic carbocycles. The van der Waals surface area contributed by atoms with Crippen molar-refractivity contribution in [1.29, 1.82) is 0 Å². The monoisotopic (exact) mass is 236 g/mol. The van der Waals surface area contributed by atoms with E-state index in [-0.39, 0.29) is 0 Å². The molecule has 0 fully saturated rings. The van der Waals surface area contributed by atoms with Crippen LogP contribution >= 0.6 is 0 Å². The van der Waals surface area contributed by atoms with Gasteiger partial charge in [0.1, 0.15) is 5.75 Å². The molecule has 0 aliphatic heterocycles. The molecule has 0 saturated heterocycles. The van der Waals surface area contributed by atoms with E-state index < -0.39 is 0 Å². The maximum atomic E-state index is 5.60. The molecule has 0 bridgehead atoms. The lowest BCUT2D eigenvalue weighted by atomic mass is 9.96. The van der Waals surface area contributed by atoms with E-state index in [1.807, 2.05) is 6.07 Å². The first-order valence-electron chi connectivity index (χ1n) is 6.14. The lowest BCUT2D eigenvalue weighted by Crippen LogP contribution is -2.18. The maximum absolute atomic E-state index is 5.60. The predicted molar refractivity (Wildman–Crippen MR) is 72.5 cm³/mol. The van der Waals surface area contributed by atoms with Crippen molar-refractivity contribution in [2.75, 3.05) is 27.7 Å². The van der Waals surface area contributed by atoms with E-state index in [0.717, 1.165) is 18.6 Å². The van der Waals surface area contributed by atoms with Crippen LogP contribution in [0.4, 0.5) is 0 Å². The molecule has 1 rings (SSSR count). The van der Waals surface area contributed by atoms with Gasteiger partial charge in [0, 0.05) is 6.04 Å². The molecule has 0 saturated carbocycles. The number of ether oxygens (including phenoxy) is 1. The molecule has 0 heterocycles. The van der Waals surface area contributed by atoms with Crippen LogP contribution in [-0.2, 0) is 6.42 Å². The Balaban J connectivity index is 3.09. The lowest BCUT2D eigenvalue weighted by molar-refractivity contribution is 0.317. The summed E-state index contributed by atoms with van der Waals surface area (Å²) in [5, 5.41) is 0. The molecule has 1 unspecified atom stereocenters. The number of benzene rings is 1. The summed E-state index contributed by atoms with van der Waals surface area (Å²) in [6, 6.07) is 6.65. The summed E-state index contributed by atoms with van der Waals surface area (Å²) >= 11 is 0. The molecule has 17 heavy (non-hydrogen) atoms. The third kappa shape index (κ3) is 3.45. The van der Waals surface area contributed by atoms with Crippen LogP contribution in [0.1, 0.15) is 30.5 Å². The van der Waals surface area contributed by atoms with Gasteiger partial charge in [0.2, 0.25) is 0 Å². The van der Waals surface area contributed by atoms with Gasteiger partial charge in [-0.15, -0.1) is 0 Å². The van der Waals surface area contributed by atoms with Gasteiger partial charge in [0.05, 0.1) is 7.11 Å². The van der Waals surface area contributed by atoms with Gasteiger partial charge >= 0.3 is 0 Å². The summed E-state index contributed by atoms with van der Waals surface area (Å²) < 4.78 is 5.45. The largest absolute Gasteiger partial charge is 0.496 e. The summed E-state index contributed by atoms with van der Waals surface area (Å²) in [5.41, 5.74) is 8.23. The normalized spacial score (nSPS) is 12.8. The molecular formula is C14H24N2O. The molecule has 0 aliphatic rings. The Labute approximate surface area is 105 Å².